The highest BCUT2D eigenvalue weighted by Crippen LogP contribution is 2.27. The van der Waals surface area contributed by atoms with Crippen LogP contribution in [0.15, 0.2) is 18.2 Å². The van der Waals surface area contributed by atoms with Crippen molar-refractivity contribution in [1.29, 1.82) is 0 Å². The summed E-state index contributed by atoms with van der Waals surface area (Å²) in [4.78, 5) is 0. The van der Waals surface area contributed by atoms with Crippen molar-refractivity contribution < 1.29 is 17.5 Å². The van der Waals surface area contributed by atoms with Crippen LogP contribution in [0.2, 0.25) is 0 Å². The molecule has 1 aliphatic rings. The molecule has 0 aromatic heterocycles. The van der Waals surface area contributed by atoms with Crippen molar-refractivity contribution in [2.24, 2.45) is 0 Å². The molecule has 118 valence electrons. The van der Waals surface area contributed by atoms with Crippen molar-refractivity contribution in [3.05, 3.63) is 24.0 Å². The Bertz CT molecular complexity index is 586. The molecule has 0 radical (unpaired) electrons. The topological polar surface area (TPSA) is 70.7 Å². The molecular weight excluding hydrogens is 297 g/mol. The maximum Gasteiger partial charge on any atom is 0.301 e. The van der Waals surface area contributed by atoms with Gasteiger partial charge in [-0.1, -0.05) is 6.07 Å². The van der Waals surface area contributed by atoms with Gasteiger partial charge in [0.2, 0.25) is 0 Å². The number of nitrogens with one attached hydrogen (secondary N) is 2. The quantitative estimate of drug-likeness (QED) is 0.866. The van der Waals surface area contributed by atoms with Crippen LogP contribution in [0.25, 0.3) is 0 Å². The Kier molecular flexibility index (Phi) is 5.02. The Morgan fingerprint density at radius 3 is 2.57 bits per heavy atom. The molecule has 0 atom stereocenters. The number of nitrogens with zero attached hydrogens (tertiary/aromatic N) is 1. The van der Waals surface area contributed by atoms with Gasteiger partial charge in [-0.05, 0) is 26.0 Å². The van der Waals surface area contributed by atoms with Crippen LogP contribution in [0, 0.1) is 5.82 Å². The van der Waals surface area contributed by atoms with Crippen LogP contribution in [0.5, 0.6) is 0 Å². The molecule has 1 aromatic carbocycles. The lowest BCUT2D eigenvalue weighted by Crippen LogP contribution is -2.43. The fourth-order valence-electron chi connectivity index (χ4n) is 2.04. The van der Waals surface area contributed by atoms with Gasteiger partial charge in [0.15, 0.2) is 0 Å². The van der Waals surface area contributed by atoms with Crippen LogP contribution in [-0.2, 0) is 14.9 Å². The number of hydrogen-bond donors (Lipinski definition) is 2. The first kappa shape index (κ1) is 16.0. The summed E-state index contributed by atoms with van der Waals surface area (Å²) in [6.07, 6.45) is 0. The van der Waals surface area contributed by atoms with Crippen molar-refractivity contribution in [2.75, 3.05) is 36.3 Å². The van der Waals surface area contributed by atoms with E-state index in [2.05, 4.69) is 10.0 Å². The molecular formula is C13H20FN3O3S. The molecule has 21 heavy (non-hydrogen) atoms. The van der Waals surface area contributed by atoms with Gasteiger partial charge in [0, 0.05) is 19.1 Å². The number of ether oxygens (including phenoxy) is 1. The van der Waals surface area contributed by atoms with Crippen molar-refractivity contribution >= 4 is 21.6 Å². The summed E-state index contributed by atoms with van der Waals surface area (Å²) in [5, 5.41) is 3.03. The van der Waals surface area contributed by atoms with E-state index in [1.165, 1.54) is 16.4 Å². The maximum absolute atomic E-state index is 14.0. The minimum atomic E-state index is -3.79. The van der Waals surface area contributed by atoms with Gasteiger partial charge in [-0.25, -0.2) is 4.39 Å². The predicted octanol–water partition coefficient (Wildman–Crippen LogP) is 1.63. The van der Waals surface area contributed by atoms with E-state index in [1.54, 1.807) is 6.07 Å². The van der Waals surface area contributed by atoms with E-state index in [0.29, 0.717) is 18.9 Å². The van der Waals surface area contributed by atoms with E-state index in [4.69, 9.17) is 4.74 Å². The maximum atomic E-state index is 14.0. The van der Waals surface area contributed by atoms with Crippen LogP contribution in [0.1, 0.15) is 13.8 Å². The summed E-state index contributed by atoms with van der Waals surface area (Å²) >= 11 is 0. The van der Waals surface area contributed by atoms with E-state index in [-0.39, 0.29) is 24.8 Å². The van der Waals surface area contributed by atoms with Gasteiger partial charge in [0.25, 0.3) is 0 Å². The van der Waals surface area contributed by atoms with Crippen LogP contribution in [-0.4, -0.2) is 45.1 Å². The van der Waals surface area contributed by atoms with E-state index >= 15 is 0 Å². The monoisotopic (exact) mass is 317 g/mol. The fraction of sp³-hybridized carbons (Fsp3) is 0.538. The number of morpholine rings is 1. The Hall–Kier alpha value is -1.38. The molecule has 8 heteroatoms. The first-order valence-corrected chi connectivity index (χ1v) is 8.25. The standard InChI is InChI=1S/C13H20FN3O3S/c1-10(2)15-12-5-3-4-11(14)13(12)16-21(18,19)17-6-8-20-9-7-17/h3-5,10,15-16H,6-9H2,1-2H3. The number of rotatable bonds is 5. The molecule has 1 fully saturated rings. The Morgan fingerprint density at radius 1 is 1.29 bits per heavy atom. The van der Waals surface area contributed by atoms with Crippen LogP contribution in [0.3, 0.4) is 0 Å². The van der Waals surface area contributed by atoms with Crippen molar-refractivity contribution in [3.8, 4) is 0 Å². The van der Waals surface area contributed by atoms with Crippen molar-refractivity contribution in [1.82, 2.24) is 4.31 Å². The third-order valence-electron chi connectivity index (χ3n) is 3.00. The SMILES string of the molecule is CC(C)Nc1cccc(F)c1NS(=O)(=O)N1CCOCC1. The molecule has 0 amide bonds. The zero-order chi connectivity index (χ0) is 15.5. The molecule has 1 aliphatic heterocycles. The Balaban J connectivity index is 2.25. The third kappa shape index (κ3) is 4.05. The van der Waals surface area contributed by atoms with Gasteiger partial charge in [-0.2, -0.15) is 12.7 Å². The number of halogens is 1. The Morgan fingerprint density at radius 2 is 1.95 bits per heavy atom. The van der Waals surface area contributed by atoms with Gasteiger partial charge in [0.1, 0.15) is 11.5 Å². The lowest BCUT2D eigenvalue weighted by atomic mass is 10.2. The average molecular weight is 317 g/mol. The lowest BCUT2D eigenvalue weighted by Gasteiger charge is -2.27. The van der Waals surface area contributed by atoms with E-state index in [0.717, 1.165) is 0 Å². The molecule has 1 saturated heterocycles. The summed E-state index contributed by atoms with van der Waals surface area (Å²) < 4.78 is 47.3. The summed E-state index contributed by atoms with van der Waals surface area (Å²) in [5.41, 5.74) is 0.361. The van der Waals surface area contributed by atoms with Gasteiger partial charge in [-0.3, -0.25) is 4.72 Å². The van der Waals surface area contributed by atoms with Crippen molar-refractivity contribution in [2.45, 2.75) is 19.9 Å². The molecule has 2 N–H and O–H groups in total. The second-order valence-corrected chi connectivity index (χ2v) is 6.75. The first-order chi connectivity index (χ1) is 9.90. The van der Waals surface area contributed by atoms with Crippen molar-refractivity contribution in [3.63, 3.8) is 0 Å². The highest BCUT2D eigenvalue weighted by Gasteiger charge is 2.26. The molecule has 0 saturated carbocycles. The summed E-state index contributed by atoms with van der Waals surface area (Å²) in [7, 11) is -3.79. The van der Waals surface area contributed by atoms with Crippen LogP contribution in [0.4, 0.5) is 15.8 Å². The largest absolute Gasteiger partial charge is 0.381 e. The summed E-state index contributed by atoms with van der Waals surface area (Å²) in [5.74, 6) is -0.613. The molecule has 0 unspecified atom stereocenters. The molecule has 0 aliphatic carbocycles. The van der Waals surface area contributed by atoms with Gasteiger partial charge >= 0.3 is 10.2 Å². The lowest BCUT2D eigenvalue weighted by molar-refractivity contribution is 0.0733. The van der Waals surface area contributed by atoms with E-state index in [1.807, 2.05) is 13.8 Å². The highest BCUT2D eigenvalue weighted by atomic mass is 32.2. The number of anilines is 2. The minimum Gasteiger partial charge on any atom is -0.381 e. The highest BCUT2D eigenvalue weighted by molar-refractivity contribution is 7.90. The second kappa shape index (κ2) is 6.59. The third-order valence-corrected chi connectivity index (χ3v) is 4.51. The second-order valence-electron chi connectivity index (χ2n) is 5.08. The smallest absolute Gasteiger partial charge is 0.301 e. The zero-order valence-electron chi connectivity index (χ0n) is 12.1. The predicted molar refractivity (Wildman–Crippen MR) is 80.1 cm³/mol. The summed E-state index contributed by atoms with van der Waals surface area (Å²) in [6, 6.07) is 4.45. The number of hydrogen-bond acceptors (Lipinski definition) is 4. The van der Waals surface area contributed by atoms with Gasteiger partial charge in [0.05, 0.1) is 18.9 Å². The molecule has 1 aromatic rings. The molecule has 6 nitrogen and oxygen atoms in total. The molecule has 2 rings (SSSR count). The first-order valence-electron chi connectivity index (χ1n) is 6.81. The van der Waals surface area contributed by atoms with Gasteiger partial charge in [-0.15, -0.1) is 0 Å². The molecule has 0 bridgehead atoms. The van der Waals surface area contributed by atoms with E-state index in [9.17, 15) is 12.8 Å². The zero-order valence-corrected chi connectivity index (χ0v) is 12.9. The number of para-hydroxylation sites is 1. The normalized spacial score (nSPS) is 17.0. The Labute approximate surface area is 124 Å². The minimum absolute atomic E-state index is 0.0541. The van der Waals surface area contributed by atoms with Crippen LogP contribution >= 0.6 is 0 Å². The van der Waals surface area contributed by atoms with E-state index < -0.39 is 16.0 Å². The fourth-order valence-corrected chi connectivity index (χ4v) is 3.26. The number of benzene rings is 1. The molecule has 0 spiro atoms. The average Bonchev–Trinajstić information content (AvgIpc) is 2.43. The van der Waals surface area contributed by atoms with Crippen LogP contribution < -0.4 is 10.0 Å². The molecule has 1 heterocycles. The summed E-state index contributed by atoms with van der Waals surface area (Å²) in [6.45, 7) is 4.99. The van der Waals surface area contributed by atoms with Gasteiger partial charge < -0.3 is 10.1 Å².